The molecule has 2 heterocycles. The molecule has 0 saturated carbocycles. The number of halogens is 1. The Labute approximate surface area is 179 Å². The first-order chi connectivity index (χ1) is 12.6. The fraction of sp³-hybridized carbons (Fsp3) is 0.722. The van der Waals surface area contributed by atoms with Gasteiger partial charge in [-0.1, -0.05) is 0 Å². The van der Waals surface area contributed by atoms with Gasteiger partial charge in [-0.2, -0.15) is 5.10 Å². The number of hydrogen-bond donors (Lipinski definition) is 2. The van der Waals surface area contributed by atoms with Crippen molar-refractivity contribution in [3.05, 3.63) is 18.0 Å². The lowest BCUT2D eigenvalue weighted by Crippen LogP contribution is -2.49. The smallest absolute Gasteiger partial charge is 0.409 e. The van der Waals surface area contributed by atoms with E-state index in [1.165, 1.54) is 5.56 Å². The van der Waals surface area contributed by atoms with Crippen molar-refractivity contribution in [3.8, 4) is 0 Å². The van der Waals surface area contributed by atoms with Crippen molar-refractivity contribution in [2.45, 2.75) is 52.6 Å². The topological polar surface area (TPSA) is 83.8 Å². The number of carbonyl (C=O) groups excluding carboxylic acids is 1. The molecular formula is C18H33IN6O2. The van der Waals surface area contributed by atoms with Gasteiger partial charge in [0.2, 0.25) is 0 Å². The molecule has 27 heavy (non-hydrogen) atoms. The fourth-order valence-corrected chi connectivity index (χ4v) is 2.95. The van der Waals surface area contributed by atoms with Crippen LogP contribution in [0.1, 0.15) is 38.7 Å². The van der Waals surface area contributed by atoms with Crippen LogP contribution < -0.4 is 10.6 Å². The molecule has 1 aliphatic rings. The van der Waals surface area contributed by atoms with Crippen LogP contribution in [0.2, 0.25) is 0 Å². The molecule has 0 spiro atoms. The van der Waals surface area contributed by atoms with Gasteiger partial charge in [-0.3, -0.25) is 9.67 Å². The molecule has 2 N–H and O–H groups in total. The molecule has 1 saturated heterocycles. The maximum absolute atomic E-state index is 11.8. The summed E-state index contributed by atoms with van der Waals surface area (Å²) in [6, 6.07) is 0.326. The van der Waals surface area contributed by atoms with Gasteiger partial charge in [0.1, 0.15) is 0 Å². The lowest BCUT2D eigenvalue weighted by Gasteiger charge is -2.32. The predicted octanol–water partition coefficient (Wildman–Crippen LogP) is 2.38. The van der Waals surface area contributed by atoms with Gasteiger partial charge in [0, 0.05) is 45.0 Å². The molecule has 0 unspecified atom stereocenters. The largest absolute Gasteiger partial charge is 0.450 e. The SMILES string of the molecule is CCNC(=NCCCn1cc(C)cn1)NC1CCN(C(=O)OCC)CC1.I. The Kier molecular flexibility index (Phi) is 11.1. The summed E-state index contributed by atoms with van der Waals surface area (Å²) in [4.78, 5) is 18.2. The number of rotatable bonds is 7. The number of nitrogens with one attached hydrogen (secondary N) is 2. The number of amides is 1. The van der Waals surface area contributed by atoms with Crippen molar-refractivity contribution >= 4 is 36.0 Å². The zero-order valence-electron chi connectivity index (χ0n) is 16.6. The molecule has 0 atom stereocenters. The van der Waals surface area contributed by atoms with Gasteiger partial charge in [-0.25, -0.2) is 4.79 Å². The molecule has 2 rings (SSSR count). The van der Waals surface area contributed by atoms with Crippen molar-refractivity contribution < 1.29 is 9.53 Å². The van der Waals surface area contributed by atoms with E-state index in [9.17, 15) is 4.79 Å². The molecule has 0 bridgehead atoms. The average Bonchev–Trinajstić information content (AvgIpc) is 3.05. The number of nitrogens with zero attached hydrogens (tertiary/aromatic N) is 4. The van der Waals surface area contributed by atoms with Gasteiger partial charge < -0.3 is 20.3 Å². The van der Waals surface area contributed by atoms with Gasteiger partial charge in [-0.05, 0) is 45.6 Å². The zero-order valence-corrected chi connectivity index (χ0v) is 18.9. The number of hydrogen-bond acceptors (Lipinski definition) is 4. The minimum atomic E-state index is -0.208. The standard InChI is InChI=1S/C18H32N6O2.HI/c1-4-19-17(20-9-6-10-24-14-15(3)13-21-24)22-16-7-11-23(12-8-16)18(25)26-5-2;/h13-14,16H,4-12H2,1-3H3,(H2,19,20,22);1H. The van der Waals surface area contributed by atoms with E-state index in [0.717, 1.165) is 44.9 Å². The second-order valence-corrected chi connectivity index (χ2v) is 6.50. The van der Waals surface area contributed by atoms with Crippen molar-refractivity contribution in [1.29, 1.82) is 0 Å². The molecule has 0 aliphatic carbocycles. The molecule has 1 aromatic heterocycles. The van der Waals surface area contributed by atoms with Crippen LogP contribution in [0.5, 0.6) is 0 Å². The summed E-state index contributed by atoms with van der Waals surface area (Å²) in [7, 11) is 0. The average molecular weight is 492 g/mol. The van der Waals surface area contributed by atoms with E-state index in [4.69, 9.17) is 4.74 Å². The highest BCUT2D eigenvalue weighted by Gasteiger charge is 2.23. The summed E-state index contributed by atoms with van der Waals surface area (Å²) in [5.41, 5.74) is 1.18. The molecule has 9 heteroatoms. The second-order valence-electron chi connectivity index (χ2n) is 6.50. The van der Waals surface area contributed by atoms with Crippen LogP contribution in [0.4, 0.5) is 4.79 Å². The first-order valence-electron chi connectivity index (χ1n) is 9.58. The van der Waals surface area contributed by atoms with Crippen LogP contribution in [0.15, 0.2) is 17.4 Å². The number of carbonyl (C=O) groups is 1. The Morgan fingerprint density at radius 3 is 2.70 bits per heavy atom. The Morgan fingerprint density at radius 2 is 2.11 bits per heavy atom. The van der Waals surface area contributed by atoms with Gasteiger partial charge in [-0.15, -0.1) is 24.0 Å². The third-order valence-corrected chi connectivity index (χ3v) is 4.28. The number of aryl methyl sites for hydroxylation is 2. The maximum Gasteiger partial charge on any atom is 0.409 e. The lowest BCUT2D eigenvalue weighted by atomic mass is 10.1. The van der Waals surface area contributed by atoms with Gasteiger partial charge in [0.05, 0.1) is 12.8 Å². The first kappa shape index (κ1) is 23.5. The normalized spacial score (nSPS) is 15.2. The molecule has 1 aliphatic heterocycles. The summed E-state index contributed by atoms with van der Waals surface area (Å²) in [5, 5.41) is 11.1. The van der Waals surface area contributed by atoms with Gasteiger partial charge in [0.25, 0.3) is 0 Å². The van der Waals surface area contributed by atoms with Crippen molar-refractivity contribution in [2.24, 2.45) is 4.99 Å². The molecule has 154 valence electrons. The van der Waals surface area contributed by atoms with Crippen LogP contribution >= 0.6 is 24.0 Å². The second kappa shape index (κ2) is 12.8. The molecule has 1 amide bonds. The molecule has 0 radical (unpaired) electrons. The minimum absolute atomic E-state index is 0. The molecular weight excluding hydrogens is 459 g/mol. The van der Waals surface area contributed by atoms with E-state index in [1.54, 1.807) is 4.90 Å². The summed E-state index contributed by atoms with van der Waals surface area (Å²) >= 11 is 0. The number of ether oxygens (including phenoxy) is 1. The Morgan fingerprint density at radius 1 is 1.37 bits per heavy atom. The zero-order chi connectivity index (χ0) is 18.8. The highest BCUT2D eigenvalue weighted by atomic mass is 127. The molecule has 0 aromatic carbocycles. The fourth-order valence-electron chi connectivity index (χ4n) is 2.95. The quantitative estimate of drug-likeness (QED) is 0.264. The van der Waals surface area contributed by atoms with Crippen LogP contribution in [-0.2, 0) is 11.3 Å². The molecule has 8 nitrogen and oxygen atoms in total. The van der Waals surface area contributed by atoms with E-state index < -0.39 is 0 Å². The van der Waals surface area contributed by atoms with E-state index in [-0.39, 0.29) is 30.1 Å². The highest BCUT2D eigenvalue weighted by Crippen LogP contribution is 2.11. The van der Waals surface area contributed by atoms with Gasteiger partial charge in [0.15, 0.2) is 5.96 Å². The highest BCUT2D eigenvalue weighted by molar-refractivity contribution is 14.0. The van der Waals surface area contributed by atoms with E-state index in [2.05, 4.69) is 27.6 Å². The van der Waals surface area contributed by atoms with Crippen LogP contribution in [-0.4, -0.2) is 65.6 Å². The van der Waals surface area contributed by atoms with E-state index in [1.807, 2.05) is 30.9 Å². The van der Waals surface area contributed by atoms with Crippen molar-refractivity contribution in [3.63, 3.8) is 0 Å². The van der Waals surface area contributed by atoms with Crippen molar-refractivity contribution in [2.75, 3.05) is 32.8 Å². The maximum atomic E-state index is 11.8. The number of aromatic nitrogens is 2. The molecule has 1 fully saturated rings. The monoisotopic (exact) mass is 492 g/mol. The minimum Gasteiger partial charge on any atom is -0.450 e. The molecule has 1 aromatic rings. The summed E-state index contributed by atoms with van der Waals surface area (Å²) in [5.74, 6) is 0.846. The Balaban J connectivity index is 0.00000364. The number of likely N-dealkylation sites (tertiary alicyclic amines) is 1. The van der Waals surface area contributed by atoms with Crippen molar-refractivity contribution in [1.82, 2.24) is 25.3 Å². The van der Waals surface area contributed by atoms with Crippen LogP contribution in [0, 0.1) is 6.92 Å². The summed E-state index contributed by atoms with van der Waals surface area (Å²) < 4.78 is 7.02. The number of guanidine groups is 1. The summed E-state index contributed by atoms with van der Waals surface area (Å²) in [6.45, 7) is 10.2. The van der Waals surface area contributed by atoms with Crippen LogP contribution in [0.25, 0.3) is 0 Å². The number of piperidine rings is 1. The lowest BCUT2D eigenvalue weighted by molar-refractivity contribution is 0.0963. The Hall–Kier alpha value is -1.52. The third kappa shape index (κ3) is 8.35. The van der Waals surface area contributed by atoms with Crippen LogP contribution in [0.3, 0.4) is 0 Å². The third-order valence-electron chi connectivity index (χ3n) is 4.28. The number of aliphatic imine (C=N–C) groups is 1. The van der Waals surface area contributed by atoms with E-state index >= 15 is 0 Å². The first-order valence-corrected chi connectivity index (χ1v) is 9.58. The predicted molar refractivity (Wildman–Crippen MR) is 118 cm³/mol. The summed E-state index contributed by atoms with van der Waals surface area (Å²) in [6.07, 6.45) is 6.45. The Bertz CT molecular complexity index is 584. The van der Waals surface area contributed by atoms with E-state index in [0.29, 0.717) is 25.7 Å². The van der Waals surface area contributed by atoms with Gasteiger partial charge >= 0.3 is 6.09 Å².